The Morgan fingerprint density at radius 3 is 2.25 bits per heavy atom. The van der Waals surface area contributed by atoms with E-state index in [1.165, 1.54) is 6.26 Å². The van der Waals surface area contributed by atoms with E-state index < -0.39 is 28.3 Å². The summed E-state index contributed by atoms with van der Waals surface area (Å²) in [4.78, 5) is 22.4. The van der Waals surface area contributed by atoms with Gasteiger partial charge in [0.1, 0.15) is 16.4 Å². The molecule has 0 saturated heterocycles. The van der Waals surface area contributed by atoms with E-state index in [2.05, 4.69) is 22.8 Å². The number of sulfone groups is 1. The van der Waals surface area contributed by atoms with Gasteiger partial charge in [-0.3, -0.25) is 9.59 Å². The summed E-state index contributed by atoms with van der Waals surface area (Å²) in [5.74, 6) is -0.676. The van der Waals surface area contributed by atoms with E-state index in [0.29, 0.717) is 11.5 Å². The maximum atomic E-state index is 11.9. The molecular formula is C24H38N2O5S. The van der Waals surface area contributed by atoms with Gasteiger partial charge in [0.2, 0.25) is 0 Å². The molecular weight excluding hydrogens is 428 g/mol. The zero-order chi connectivity index (χ0) is 23.8. The Morgan fingerprint density at radius 2 is 1.66 bits per heavy atom. The molecule has 1 aromatic rings. The molecule has 0 heterocycles. The second-order valence-corrected chi connectivity index (χ2v) is 10.5. The van der Waals surface area contributed by atoms with Crippen LogP contribution in [0.1, 0.15) is 68.6 Å². The van der Waals surface area contributed by atoms with Crippen molar-refractivity contribution in [1.29, 1.82) is 0 Å². The van der Waals surface area contributed by atoms with Gasteiger partial charge < -0.3 is 15.7 Å². The molecule has 0 aromatic heterocycles. The van der Waals surface area contributed by atoms with E-state index in [1.54, 1.807) is 12.1 Å². The van der Waals surface area contributed by atoms with Crippen LogP contribution >= 0.6 is 0 Å². The van der Waals surface area contributed by atoms with Crippen molar-refractivity contribution < 1.29 is 23.1 Å². The molecule has 1 rings (SSSR count). The Kier molecular flexibility index (Phi) is 13.4. The number of aliphatic carboxylic acids is 1. The van der Waals surface area contributed by atoms with Crippen LogP contribution in [0, 0.1) is 5.92 Å². The molecule has 0 aliphatic carbocycles. The number of amides is 1. The summed E-state index contributed by atoms with van der Waals surface area (Å²) in [6, 6.07) is 7.03. The normalized spacial score (nSPS) is 12.6. The Hall–Kier alpha value is -2.35. The summed E-state index contributed by atoms with van der Waals surface area (Å²) >= 11 is 0. The number of unbranched alkanes of at least 4 members (excludes halogenated alkanes) is 5. The highest BCUT2D eigenvalue weighted by atomic mass is 32.2. The number of carboxylic acid groups (broad SMARTS) is 1. The van der Waals surface area contributed by atoms with E-state index in [4.69, 9.17) is 5.11 Å². The van der Waals surface area contributed by atoms with Crippen LogP contribution in [0.15, 0.2) is 36.4 Å². The SMILES string of the molecule is CC=CCC(CCCCCCCCS(C)(=O)=O)CNc1ccc(C(=O)NCC(=O)O)cc1. The summed E-state index contributed by atoms with van der Waals surface area (Å²) in [5, 5.41) is 14.4. The molecule has 1 aromatic carbocycles. The minimum absolute atomic E-state index is 0.290. The lowest BCUT2D eigenvalue weighted by Gasteiger charge is -2.17. The molecule has 0 fully saturated rings. The first-order valence-corrected chi connectivity index (χ1v) is 13.4. The molecule has 7 nitrogen and oxygen atoms in total. The summed E-state index contributed by atoms with van der Waals surface area (Å²) in [7, 11) is -2.84. The van der Waals surface area contributed by atoms with Crippen LogP contribution in [0.2, 0.25) is 0 Å². The molecule has 8 heteroatoms. The van der Waals surface area contributed by atoms with Crippen molar-refractivity contribution in [2.75, 3.05) is 30.4 Å². The number of nitrogens with one attached hydrogen (secondary N) is 2. The maximum absolute atomic E-state index is 11.9. The first-order chi connectivity index (χ1) is 15.2. The molecule has 0 radical (unpaired) electrons. The number of hydrogen-bond acceptors (Lipinski definition) is 5. The van der Waals surface area contributed by atoms with Crippen molar-refractivity contribution in [2.24, 2.45) is 5.92 Å². The van der Waals surface area contributed by atoms with Crippen molar-refractivity contribution in [3.63, 3.8) is 0 Å². The molecule has 0 aliphatic rings. The standard InChI is InChI=1S/C24H38N2O5S/c1-3-4-11-20(12-9-7-5-6-8-10-17-32(2,30)31)18-25-22-15-13-21(14-16-22)24(29)26-19-23(27)28/h3-4,13-16,20,25H,5-12,17-19H2,1-2H3,(H,26,29)(H,27,28). The minimum atomic E-state index is -2.84. The molecule has 32 heavy (non-hydrogen) atoms. The van der Waals surface area contributed by atoms with Gasteiger partial charge >= 0.3 is 5.97 Å². The zero-order valence-corrected chi connectivity index (χ0v) is 20.1. The Morgan fingerprint density at radius 1 is 1.03 bits per heavy atom. The van der Waals surface area contributed by atoms with Crippen LogP contribution in [0.3, 0.4) is 0 Å². The molecule has 1 unspecified atom stereocenters. The maximum Gasteiger partial charge on any atom is 0.322 e. The van der Waals surface area contributed by atoms with Crippen LogP contribution in [0.25, 0.3) is 0 Å². The minimum Gasteiger partial charge on any atom is -0.480 e. The monoisotopic (exact) mass is 466 g/mol. The van der Waals surface area contributed by atoms with E-state index in [0.717, 1.165) is 63.6 Å². The first kappa shape index (κ1) is 27.7. The number of allylic oxidation sites excluding steroid dienone is 2. The number of anilines is 1. The first-order valence-electron chi connectivity index (χ1n) is 11.3. The van der Waals surface area contributed by atoms with Crippen molar-refractivity contribution in [1.82, 2.24) is 5.32 Å². The highest BCUT2D eigenvalue weighted by Crippen LogP contribution is 2.18. The smallest absolute Gasteiger partial charge is 0.322 e. The summed E-state index contributed by atoms with van der Waals surface area (Å²) in [6.45, 7) is 2.46. The van der Waals surface area contributed by atoms with Gasteiger partial charge in [0.15, 0.2) is 0 Å². The average molecular weight is 467 g/mol. The second-order valence-electron chi connectivity index (χ2n) is 8.25. The molecule has 0 bridgehead atoms. The van der Waals surface area contributed by atoms with E-state index >= 15 is 0 Å². The molecule has 180 valence electrons. The quantitative estimate of drug-likeness (QED) is 0.233. The van der Waals surface area contributed by atoms with E-state index in [9.17, 15) is 18.0 Å². The third-order valence-electron chi connectivity index (χ3n) is 5.22. The highest BCUT2D eigenvalue weighted by Gasteiger charge is 2.09. The van der Waals surface area contributed by atoms with Crippen LogP contribution in [0.4, 0.5) is 5.69 Å². The highest BCUT2D eigenvalue weighted by molar-refractivity contribution is 7.90. The lowest BCUT2D eigenvalue weighted by atomic mass is 9.96. The lowest BCUT2D eigenvalue weighted by molar-refractivity contribution is -0.135. The fraction of sp³-hybridized carbons (Fsp3) is 0.583. The Bertz CT molecular complexity index is 819. The molecule has 0 aliphatic heterocycles. The van der Waals surface area contributed by atoms with E-state index in [1.807, 2.05) is 19.1 Å². The van der Waals surface area contributed by atoms with Gasteiger partial charge in [0.25, 0.3) is 5.91 Å². The number of benzene rings is 1. The van der Waals surface area contributed by atoms with Crippen LogP contribution in [0.5, 0.6) is 0 Å². The van der Waals surface area contributed by atoms with Gasteiger partial charge in [0.05, 0.1) is 0 Å². The molecule has 0 saturated carbocycles. The average Bonchev–Trinajstić information content (AvgIpc) is 2.74. The molecule has 1 amide bonds. The van der Waals surface area contributed by atoms with Crippen molar-refractivity contribution in [2.45, 2.75) is 58.3 Å². The van der Waals surface area contributed by atoms with Crippen LogP contribution < -0.4 is 10.6 Å². The summed E-state index contributed by atoms with van der Waals surface area (Å²) < 4.78 is 22.3. The predicted molar refractivity (Wildman–Crippen MR) is 130 cm³/mol. The molecule has 1 atom stereocenters. The topological polar surface area (TPSA) is 113 Å². The largest absolute Gasteiger partial charge is 0.480 e. The zero-order valence-electron chi connectivity index (χ0n) is 19.3. The predicted octanol–water partition coefficient (Wildman–Crippen LogP) is 4.27. The number of hydrogen-bond donors (Lipinski definition) is 3. The number of carbonyl (C=O) groups excluding carboxylic acids is 1. The summed E-state index contributed by atoms with van der Waals surface area (Å²) in [6.07, 6.45) is 13.9. The van der Waals surface area contributed by atoms with Crippen molar-refractivity contribution in [3.05, 3.63) is 42.0 Å². The second kappa shape index (κ2) is 15.5. The fourth-order valence-electron chi connectivity index (χ4n) is 3.40. The van der Waals surface area contributed by atoms with Crippen LogP contribution in [-0.2, 0) is 14.6 Å². The van der Waals surface area contributed by atoms with Crippen LogP contribution in [-0.4, -0.2) is 50.5 Å². The molecule has 3 N–H and O–H groups in total. The number of carbonyl (C=O) groups is 2. The number of rotatable bonds is 17. The van der Waals surface area contributed by atoms with E-state index in [-0.39, 0.29) is 5.75 Å². The van der Waals surface area contributed by atoms with Gasteiger partial charge in [0, 0.05) is 29.8 Å². The Balaban J connectivity index is 2.35. The lowest BCUT2D eigenvalue weighted by Crippen LogP contribution is -2.29. The van der Waals surface area contributed by atoms with Gasteiger partial charge in [-0.25, -0.2) is 8.42 Å². The Labute approximate surface area is 192 Å². The third kappa shape index (κ3) is 13.9. The van der Waals surface area contributed by atoms with Gasteiger partial charge in [-0.15, -0.1) is 0 Å². The van der Waals surface area contributed by atoms with Gasteiger partial charge in [-0.2, -0.15) is 0 Å². The molecule has 0 spiro atoms. The summed E-state index contributed by atoms with van der Waals surface area (Å²) in [5.41, 5.74) is 1.36. The van der Waals surface area contributed by atoms with Crippen molar-refractivity contribution >= 4 is 27.4 Å². The third-order valence-corrected chi connectivity index (χ3v) is 6.25. The van der Waals surface area contributed by atoms with Gasteiger partial charge in [-0.1, -0.05) is 44.3 Å². The van der Waals surface area contributed by atoms with Gasteiger partial charge in [-0.05, 0) is 56.4 Å². The number of carboxylic acids is 1. The van der Waals surface area contributed by atoms with Crippen molar-refractivity contribution in [3.8, 4) is 0 Å². The fourth-order valence-corrected chi connectivity index (χ4v) is 4.12.